The van der Waals surface area contributed by atoms with Crippen molar-refractivity contribution in [2.24, 2.45) is 5.73 Å². The molecular weight excluding hydrogens is 246 g/mol. The van der Waals surface area contributed by atoms with Gasteiger partial charge in [-0.3, -0.25) is 0 Å². The first-order chi connectivity index (χ1) is 8.21. The van der Waals surface area contributed by atoms with Gasteiger partial charge in [0.15, 0.2) is 0 Å². The highest BCUT2D eigenvalue weighted by atomic mass is 35.5. The summed E-state index contributed by atoms with van der Waals surface area (Å²) >= 11 is 0. The Bertz CT molecular complexity index is 341. The molecule has 104 valence electrons. The molecule has 18 heavy (non-hydrogen) atoms. The minimum atomic E-state index is 0. The number of rotatable bonds is 7. The summed E-state index contributed by atoms with van der Waals surface area (Å²) in [5.41, 5.74) is 8.63. The van der Waals surface area contributed by atoms with Gasteiger partial charge in [-0.15, -0.1) is 12.4 Å². The average molecular weight is 272 g/mol. The second-order valence-corrected chi connectivity index (χ2v) is 4.50. The summed E-state index contributed by atoms with van der Waals surface area (Å²) in [6, 6.07) is 6.75. The van der Waals surface area contributed by atoms with Gasteiger partial charge in [0, 0.05) is 6.04 Å². The van der Waals surface area contributed by atoms with Crippen LogP contribution in [0, 0.1) is 0 Å². The largest absolute Gasteiger partial charge is 0.494 e. The summed E-state index contributed by atoms with van der Waals surface area (Å²) in [5, 5.41) is 0. The second-order valence-electron chi connectivity index (χ2n) is 4.50. The van der Waals surface area contributed by atoms with Gasteiger partial charge in [-0.05, 0) is 43.4 Å². The fourth-order valence-corrected chi connectivity index (χ4v) is 1.97. The third kappa shape index (κ3) is 5.28. The van der Waals surface area contributed by atoms with Crippen molar-refractivity contribution >= 4 is 12.4 Å². The van der Waals surface area contributed by atoms with Crippen molar-refractivity contribution in [3.8, 4) is 5.75 Å². The van der Waals surface area contributed by atoms with Crippen molar-refractivity contribution < 1.29 is 4.74 Å². The van der Waals surface area contributed by atoms with Crippen LogP contribution in [0.2, 0.25) is 0 Å². The fourth-order valence-electron chi connectivity index (χ4n) is 1.97. The summed E-state index contributed by atoms with van der Waals surface area (Å²) in [6.07, 6.45) is 4.20. The minimum Gasteiger partial charge on any atom is -0.494 e. The van der Waals surface area contributed by atoms with Crippen LogP contribution in [0.3, 0.4) is 0 Å². The van der Waals surface area contributed by atoms with Gasteiger partial charge in [0.1, 0.15) is 5.75 Å². The van der Waals surface area contributed by atoms with Crippen LogP contribution in [0.25, 0.3) is 0 Å². The molecule has 1 rings (SSSR count). The second kappa shape index (κ2) is 9.23. The monoisotopic (exact) mass is 271 g/mol. The van der Waals surface area contributed by atoms with Crippen molar-refractivity contribution in [3.63, 3.8) is 0 Å². The first-order valence-corrected chi connectivity index (χ1v) is 6.71. The molecule has 2 N–H and O–H groups in total. The van der Waals surface area contributed by atoms with Crippen molar-refractivity contribution in [2.45, 2.75) is 52.5 Å². The molecule has 0 saturated heterocycles. The van der Waals surface area contributed by atoms with E-state index < -0.39 is 0 Å². The zero-order chi connectivity index (χ0) is 12.7. The smallest absolute Gasteiger partial charge is 0.122 e. The quantitative estimate of drug-likeness (QED) is 0.820. The molecule has 1 aromatic rings. The number of aryl methyl sites for hydroxylation is 1. The summed E-state index contributed by atoms with van der Waals surface area (Å²) in [4.78, 5) is 0. The molecule has 0 heterocycles. The van der Waals surface area contributed by atoms with Crippen LogP contribution in [-0.2, 0) is 12.8 Å². The lowest BCUT2D eigenvalue weighted by Gasteiger charge is -2.13. The van der Waals surface area contributed by atoms with Gasteiger partial charge in [-0.2, -0.15) is 0 Å². The van der Waals surface area contributed by atoms with E-state index in [9.17, 15) is 0 Å². The van der Waals surface area contributed by atoms with E-state index in [4.69, 9.17) is 10.5 Å². The Labute approximate surface area is 117 Å². The van der Waals surface area contributed by atoms with Crippen LogP contribution in [0.1, 0.15) is 44.7 Å². The Morgan fingerprint density at radius 2 is 1.94 bits per heavy atom. The molecule has 1 unspecified atom stereocenters. The molecule has 1 aromatic carbocycles. The standard InChI is InChI=1S/C15H25NO.ClH/c1-4-7-13-10-12(11-14(16)5-2)8-9-15(13)17-6-3;/h8-10,14H,4-7,11,16H2,1-3H3;1H. The molecule has 1 atom stereocenters. The highest BCUT2D eigenvalue weighted by molar-refractivity contribution is 5.85. The van der Waals surface area contributed by atoms with Gasteiger partial charge in [0.25, 0.3) is 0 Å². The van der Waals surface area contributed by atoms with Crippen LogP contribution in [0.15, 0.2) is 18.2 Å². The maximum Gasteiger partial charge on any atom is 0.122 e. The first-order valence-electron chi connectivity index (χ1n) is 6.71. The number of hydrogen-bond acceptors (Lipinski definition) is 2. The minimum absolute atomic E-state index is 0. The van der Waals surface area contributed by atoms with E-state index >= 15 is 0 Å². The number of halogens is 1. The van der Waals surface area contributed by atoms with Gasteiger partial charge >= 0.3 is 0 Å². The molecule has 0 aliphatic heterocycles. The van der Waals surface area contributed by atoms with Gasteiger partial charge in [0.05, 0.1) is 6.61 Å². The SMILES string of the molecule is CCCc1cc(CC(N)CC)ccc1OCC.Cl. The third-order valence-corrected chi connectivity index (χ3v) is 2.97. The topological polar surface area (TPSA) is 35.2 Å². The number of hydrogen-bond donors (Lipinski definition) is 1. The lowest BCUT2D eigenvalue weighted by molar-refractivity contribution is 0.336. The van der Waals surface area contributed by atoms with Crippen LogP contribution in [-0.4, -0.2) is 12.6 Å². The highest BCUT2D eigenvalue weighted by Gasteiger charge is 2.07. The molecule has 0 saturated carbocycles. The fraction of sp³-hybridized carbons (Fsp3) is 0.600. The predicted octanol–water partition coefficient (Wildman–Crippen LogP) is 3.74. The number of benzene rings is 1. The predicted molar refractivity (Wildman–Crippen MR) is 80.8 cm³/mol. The molecule has 3 heteroatoms. The molecule has 0 aliphatic carbocycles. The summed E-state index contributed by atoms with van der Waals surface area (Å²) < 4.78 is 5.64. The normalized spacial score (nSPS) is 11.8. The highest BCUT2D eigenvalue weighted by Crippen LogP contribution is 2.22. The van der Waals surface area contributed by atoms with E-state index in [0.717, 1.165) is 38.0 Å². The summed E-state index contributed by atoms with van der Waals surface area (Å²) in [5.74, 6) is 1.03. The molecule has 0 bridgehead atoms. The molecule has 0 aliphatic rings. The first kappa shape index (κ1) is 17.3. The lowest BCUT2D eigenvalue weighted by atomic mass is 10.00. The third-order valence-electron chi connectivity index (χ3n) is 2.97. The molecule has 0 amide bonds. The Balaban J connectivity index is 0.00000289. The van der Waals surface area contributed by atoms with E-state index in [0.29, 0.717) is 0 Å². The number of ether oxygens (including phenoxy) is 1. The van der Waals surface area contributed by atoms with Crippen LogP contribution < -0.4 is 10.5 Å². The molecule has 2 nitrogen and oxygen atoms in total. The van der Waals surface area contributed by atoms with E-state index in [1.54, 1.807) is 0 Å². The van der Waals surface area contributed by atoms with Crippen molar-refractivity contribution in [2.75, 3.05) is 6.61 Å². The molecule has 0 aromatic heterocycles. The van der Waals surface area contributed by atoms with Gasteiger partial charge in [0.2, 0.25) is 0 Å². The van der Waals surface area contributed by atoms with E-state index in [1.165, 1.54) is 11.1 Å². The van der Waals surface area contributed by atoms with E-state index in [2.05, 4.69) is 32.0 Å². The van der Waals surface area contributed by atoms with Crippen LogP contribution in [0.5, 0.6) is 5.75 Å². The maximum atomic E-state index is 5.99. The van der Waals surface area contributed by atoms with Crippen molar-refractivity contribution in [1.82, 2.24) is 0 Å². The maximum absolute atomic E-state index is 5.99. The Morgan fingerprint density at radius 1 is 1.22 bits per heavy atom. The summed E-state index contributed by atoms with van der Waals surface area (Å²) in [6.45, 7) is 7.08. The molecular formula is C15H26ClNO. The summed E-state index contributed by atoms with van der Waals surface area (Å²) in [7, 11) is 0. The van der Waals surface area contributed by atoms with Crippen molar-refractivity contribution in [3.05, 3.63) is 29.3 Å². The van der Waals surface area contributed by atoms with Crippen LogP contribution in [0.4, 0.5) is 0 Å². The van der Waals surface area contributed by atoms with Gasteiger partial charge in [-0.1, -0.05) is 32.4 Å². The van der Waals surface area contributed by atoms with Crippen LogP contribution >= 0.6 is 12.4 Å². The molecule has 0 spiro atoms. The molecule has 0 radical (unpaired) electrons. The van der Waals surface area contributed by atoms with Gasteiger partial charge < -0.3 is 10.5 Å². The Morgan fingerprint density at radius 3 is 2.50 bits per heavy atom. The Kier molecular flexibility index (Phi) is 8.86. The van der Waals surface area contributed by atoms with Gasteiger partial charge in [-0.25, -0.2) is 0 Å². The zero-order valence-electron chi connectivity index (χ0n) is 11.7. The number of nitrogens with two attached hydrogens (primary N) is 1. The average Bonchev–Trinajstić information content (AvgIpc) is 2.33. The lowest BCUT2D eigenvalue weighted by Crippen LogP contribution is -2.21. The molecule has 0 fully saturated rings. The van der Waals surface area contributed by atoms with Crippen molar-refractivity contribution in [1.29, 1.82) is 0 Å². The van der Waals surface area contributed by atoms with E-state index in [-0.39, 0.29) is 18.4 Å². The van der Waals surface area contributed by atoms with E-state index in [1.807, 2.05) is 6.92 Å². The Hall–Kier alpha value is -0.730. The zero-order valence-corrected chi connectivity index (χ0v) is 12.6.